The van der Waals surface area contributed by atoms with Crippen molar-refractivity contribution in [3.05, 3.63) is 0 Å². The van der Waals surface area contributed by atoms with Gasteiger partial charge in [-0.05, 0) is 0 Å². The van der Waals surface area contributed by atoms with Crippen LogP contribution in [0.15, 0.2) is 0 Å². The van der Waals surface area contributed by atoms with E-state index in [4.69, 9.17) is 5.11 Å². The molecule has 0 saturated heterocycles. The molecule has 11 heavy (non-hydrogen) atoms. The van der Waals surface area contributed by atoms with Crippen LogP contribution in [0, 0.1) is 0 Å². The van der Waals surface area contributed by atoms with Crippen molar-refractivity contribution >= 4 is 17.7 Å². The van der Waals surface area contributed by atoms with Gasteiger partial charge in [-0.25, -0.2) is 0 Å². The van der Waals surface area contributed by atoms with Gasteiger partial charge in [-0.15, -0.1) is 0 Å². The molecule has 6 heteroatoms. The summed E-state index contributed by atoms with van der Waals surface area (Å²) in [7, 11) is 0. The van der Waals surface area contributed by atoms with Gasteiger partial charge in [0.15, 0.2) is 5.78 Å². The largest absolute Gasteiger partial charge is 0.547 e. The molecular formula is C5H4O6-2. The van der Waals surface area contributed by atoms with Crippen molar-refractivity contribution in [1.29, 1.82) is 0 Å². The van der Waals surface area contributed by atoms with Crippen LogP contribution in [0.1, 0.15) is 6.42 Å². The number of hydrogen-bond acceptors (Lipinski definition) is 6. The van der Waals surface area contributed by atoms with Gasteiger partial charge in [0.2, 0.25) is 0 Å². The van der Waals surface area contributed by atoms with Gasteiger partial charge in [-0.1, -0.05) is 0 Å². The van der Waals surface area contributed by atoms with Crippen molar-refractivity contribution in [2.24, 2.45) is 0 Å². The Bertz CT molecular complexity index is 195. The number of ketones is 1. The molecule has 6 nitrogen and oxygen atoms in total. The lowest BCUT2D eigenvalue weighted by atomic mass is 10.2. The Kier molecular flexibility index (Phi) is 3.19. The molecule has 0 aromatic rings. The van der Waals surface area contributed by atoms with E-state index in [1.165, 1.54) is 0 Å². The molecule has 0 fully saturated rings. The van der Waals surface area contributed by atoms with E-state index in [0.717, 1.165) is 0 Å². The number of aliphatic carboxylic acids is 2. The van der Waals surface area contributed by atoms with E-state index in [0.29, 0.717) is 0 Å². The number of carbonyl (C=O) groups excluding carboxylic acids is 3. The fourth-order valence-corrected chi connectivity index (χ4v) is 0.342. The molecule has 0 heterocycles. The molecule has 0 aromatic carbocycles. The number of Topliss-reactive ketones (excluding diaryl/α,β-unsaturated/α-hetero) is 1. The minimum atomic E-state index is -2.08. The van der Waals surface area contributed by atoms with Gasteiger partial charge >= 0.3 is 0 Å². The first-order chi connectivity index (χ1) is 4.95. The van der Waals surface area contributed by atoms with Crippen molar-refractivity contribution in [2.75, 3.05) is 0 Å². The normalized spacial score (nSPS) is 12.1. The molecule has 0 spiro atoms. The average Bonchev–Trinajstić information content (AvgIpc) is 1.87. The summed E-state index contributed by atoms with van der Waals surface area (Å²) in [6.07, 6.45) is -3.11. The first-order valence-corrected chi connectivity index (χ1v) is 2.58. The molecule has 0 aliphatic heterocycles. The molecule has 0 unspecified atom stereocenters. The third-order valence-corrected chi connectivity index (χ3v) is 0.878. The number of aliphatic hydroxyl groups is 1. The van der Waals surface area contributed by atoms with Gasteiger partial charge in [0.05, 0.1) is 5.97 Å². The van der Waals surface area contributed by atoms with Crippen LogP contribution in [0.3, 0.4) is 0 Å². The molecule has 0 saturated carbocycles. The first kappa shape index (κ1) is 9.57. The maximum atomic E-state index is 10.1. The SMILES string of the molecule is O=C([O-])C(=O)C[C@@H](O)C(=O)[O-]. The smallest absolute Gasteiger partial charge is 0.181 e. The average molecular weight is 160 g/mol. The van der Waals surface area contributed by atoms with E-state index in [-0.39, 0.29) is 0 Å². The number of carbonyl (C=O) groups is 3. The molecule has 0 rings (SSSR count). The Labute approximate surface area is 61.1 Å². The van der Waals surface area contributed by atoms with E-state index in [1.807, 2.05) is 0 Å². The second-order valence-corrected chi connectivity index (χ2v) is 1.75. The molecule has 0 bridgehead atoms. The van der Waals surface area contributed by atoms with Crippen LogP contribution in [0.4, 0.5) is 0 Å². The summed E-state index contributed by atoms with van der Waals surface area (Å²) in [6.45, 7) is 0. The van der Waals surface area contributed by atoms with Crippen LogP contribution in [0.2, 0.25) is 0 Å². The highest BCUT2D eigenvalue weighted by atomic mass is 16.4. The van der Waals surface area contributed by atoms with Crippen molar-refractivity contribution in [3.8, 4) is 0 Å². The Morgan fingerprint density at radius 3 is 2.00 bits per heavy atom. The standard InChI is InChI=1S/C5H6O6/c6-2(4(8)9)1-3(7)5(10)11/h2,6H,1H2,(H,8,9)(H,10,11)/p-2/t2-/m1/s1. The van der Waals surface area contributed by atoms with Crippen molar-refractivity contribution < 1.29 is 29.7 Å². The summed E-state index contributed by atoms with van der Waals surface area (Å²) in [5, 5.41) is 27.8. The minimum absolute atomic E-state index is 1.02. The van der Waals surface area contributed by atoms with E-state index in [9.17, 15) is 24.6 Å². The predicted octanol–water partition coefficient (Wildman–Crippen LogP) is -4.19. The molecule has 0 aromatic heterocycles. The molecular weight excluding hydrogens is 156 g/mol. The molecule has 0 amide bonds. The number of aliphatic hydroxyl groups excluding tert-OH is 1. The topological polar surface area (TPSA) is 118 Å². The number of hydrogen-bond donors (Lipinski definition) is 1. The van der Waals surface area contributed by atoms with E-state index >= 15 is 0 Å². The molecule has 0 radical (unpaired) electrons. The summed E-state index contributed by atoms with van der Waals surface area (Å²) in [6, 6.07) is 0. The monoisotopic (exact) mass is 160 g/mol. The van der Waals surface area contributed by atoms with Crippen molar-refractivity contribution in [2.45, 2.75) is 12.5 Å². The number of rotatable bonds is 4. The second kappa shape index (κ2) is 3.67. The summed E-state index contributed by atoms with van der Waals surface area (Å²) < 4.78 is 0. The molecule has 0 aliphatic rings. The molecule has 0 aliphatic carbocycles. The lowest BCUT2D eigenvalue weighted by Crippen LogP contribution is -2.40. The van der Waals surface area contributed by atoms with Crippen LogP contribution >= 0.6 is 0 Å². The van der Waals surface area contributed by atoms with Crippen LogP contribution < -0.4 is 10.2 Å². The van der Waals surface area contributed by atoms with E-state index in [1.54, 1.807) is 0 Å². The van der Waals surface area contributed by atoms with Gasteiger partial charge in [0.1, 0.15) is 12.1 Å². The van der Waals surface area contributed by atoms with Crippen LogP contribution in [0.25, 0.3) is 0 Å². The molecule has 62 valence electrons. The summed E-state index contributed by atoms with van der Waals surface area (Å²) in [5.74, 6) is -5.38. The highest BCUT2D eigenvalue weighted by Gasteiger charge is 2.11. The maximum absolute atomic E-state index is 10.1. The maximum Gasteiger partial charge on any atom is 0.181 e. The predicted molar refractivity (Wildman–Crippen MR) is 25.6 cm³/mol. The summed E-state index contributed by atoms with van der Waals surface area (Å²) >= 11 is 0. The van der Waals surface area contributed by atoms with Crippen molar-refractivity contribution in [1.82, 2.24) is 0 Å². The van der Waals surface area contributed by atoms with E-state index < -0.39 is 30.2 Å². The van der Waals surface area contributed by atoms with Gasteiger partial charge < -0.3 is 24.9 Å². The summed E-state index contributed by atoms with van der Waals surface area (Å²) in [5.41, 5.74) is 0. The lowest BCUT2D eigenvalue weighted by Gasteiger charge is -2.09. The zero-order valence-electron chi connectivity index (χ0n) is 5.27. The number of carboxylic acids is 2. The Balaban J connectivity index is 3.95. The van der Waals surface area contributed by atoms with Gasteiger partial charge in [0, 0.05) is 6.42 Å². The Hall–Kier alpha value is -1.43. The van der Waals surface area contributed by atoms with Crippen LogP contribution in [0.5, 0.6) is 0 Å². The fourth-order valence-electron chi connectivity index (χ4n) is 0.342. The molecule has 1 N–H and O–H groups in total. The van der Waals surface area contributed by atoms with E-state index in [2.05, 4.69) is 0 Å². The van der Waals surface area contributed by atoms with Gasteiger partial charge in [0.25, 0.3) is 0 Å². The first-order valence-electron chi connectivity index (χ1n) is 2.58. The lowest BCUT2D eigenvalue weighted by molar-refractivity contribution is -0.315. The van der Waals surface area contributed by atoms with Crippen molar-refractivity contribution in [3.63, 3.8) is 0 Å². The molecule has 1 atom stereocenters. The minimum Gasteiger partial charge on any atom is -0.547 e. The Morgan fingerprint density at radius 1 is 1.27 bits per heavy atom. The van der Waals surface area contributed by atoms with Crippen LogP contribution in [-0.4, -0.2) is 28.9 Å². The second-order valence-electron chi connectivity index (χ2n) is 1.75. The van der Waals surface area contributed by atoms with Crippen LogP contribution in [-0.2, 0) is 14.4 Å². The zero-order chi connectivity index (χ0) is 9.02. The van der Waals surface area contributed by atoms with Gasteiger partial charge in [-0.3, -0.25) is 4.79 Å². The Morgan fingerprint density at radius 2 is 1.73 bits per heavy atom. The zero-order valence-corrected chi connectivity index (χ0v) is 5.27. The third kappa shape index (κ3) is 3.31. The third-order valence-electron chi connectivity index (χ3n) is 0.878. The van der Waals surface area contributed by atoms with Gasteiger partial charge in [-0.2, -0.15) is 0 Å². The number of carboxylic acid groups (broad SMARTS) is 2. The quantitative estimate of drug-likeness (QED) is 0.416. The fraction of sp³-hybridized carbons (Fsp3) is 0.400. The summed E-state index contributed by atoms with van der Waals surface area (Å²) in [4.78, 5) is 29.5. The highest BCUT2D eigenvalue weighted by molar-refractivity contribution is 6.32. The highest BCUT2D eigenvalue weighted by Crippen LogP contribution is 1.90.